The fraction of sp³-hybridized carbons (Fsp3) is 0. The first-order valence-corrected chi connectivity index (χ1v) is 7.83. The second-order valence-electron chi connectivity index (χ2n) is 5.15. The zero-order valence-corrected chi connectivity index (χ0v) is 13.4. The molecule has 0 amide bonds. The molecule has 0 fully saturated rings. The van der Waals surface area contributed by atoms with Gasteiger partial charge in [0.1, 0.15) is 5.15 Å². The van der Waals surface area contributed by atoms with E-state index in [0.717, 1.165) is 33.2 Å². The summed E-state index contributed by atoms with van der Waals surface area (Å²) in [5.74, 6) is 0. The number of fused-ring (bicyclic) bond motifs is 2. The minimum absolute atomic E-state index is 0.431. The van der Waals surface area contributed by atoms with Crippen LogP contribution < -0.4 is 5.32 Å². The maximum atomic E-state index is 6.15. The molecular formula is C18H11Cl2N3. The van der Waals surface area contributed by atoms with Crippen molar-refractivity contribution in [2.75, 3.05) is 5.32 Å². The highest BCUT2D eigenvalue weighted by atomic mass is 35.5. The molecule has 0 saturated carbocycles. The lowest BCUT2D eigenvalue weighted by Gasteiger charge is -2.12. The Morgan fingerprint density at radius 1 is 0.783 bits per heavy atom. The molecule has 0 bridgehead atoms. The Morgan fingerprint density at radius 2 is 1.70 bits per heavy atom. The molecule has 0 atom stereocenters. The number of nitrogens with zero attached hydrogens (tertiary/aromatic N) is 2. The van der Waals surface area contributed by atoms with Crippen molar-refractivity contribution in [3.05, 3.63) is 71.0 Å². The molecule has 2 heterocycles. The number of nitrogens with one attached hydrogen (secondary N) is 1. The molecule has 2 aromatic heterocycles. The highest BCUT2D eigenvalue weighted by molar-refractivity contribution is 6.32. The van der Waals surface area contributed by atoms with E-state index in [9.17, 15) is 0 Å². The minimum Gasteiger partial charge on any atom is -0.354 e. The molecule has 0 aliphatic heterocycles. The van der Waals surface area contributed by atoms with Crippen molar-refractivity contribution in [1.29, 1.82) is 0 Å². The Labute approximate surface area is 142 Å². The molecule has 0 unspecified atom stereocenters. The van der Waals surface area contributed by atoms with Gasteiger partial charge in [0.05, 0.1) is 16.7 Å². The lowest BCUT2D eigenvalue weighted by molar-refractivity contribution is 1.40. The second kappa shape index (κ2) is 5.69. The Kier molecular flexibility index (Phi) is 3.52. The molecule has 4 aromatic rings. The van der Waals surface area contributed by atoms with Gasteiger partial charge in [0.25, 0.3) is 0 Å². The second-order valence-corrected chi connectivity index (χ2v) is 5.98. The topological polar surface area (TPSA) is 37.8 Å². The predicted octanol–water partition coefficient (Wildman–Crippen LogP) is 5.83. The maximum Gasteiger partial charge on any atom is 0.131 e. The first-order valence-electron chi connectivity index (χ1n) is 7.07. The van der Waals surface area contributed by atoms with Gasteiger partial charge < -0.3 is 5.32 Å². The van der Waals surface area contributed by atoms with Crippen LogP contribution in [-0.2, 0) is 0 Å². The lowest BCUT2D eigenvalue weighted by Crippen LogP contribution is -1.95. The summed E-state index contributed by atoms with van der Waals surface area (Å²) in [4.78, 5) is 8.71. The van der Waals surface area contributed by atoms with Crippen LogP contribution in [-0.4, -0.2) is 9.97 Å². The molecular weight excluding hydrogens is 329 g/mol. The molecule has 0 aliphatic rings. The summed E-state index contributed by atoms with van der Waals surface area (Å²) in [5, 5.41) is 6.48. The Balaban J connectivity index is 1.91. The number of pyridine rings is 2. The zero-order valence-electron chi connectivity index (χ0n) is 11.9. The van der Waals surface area contributed by atoms with E-state index in [1.807, 2.05) is 42.5 Å². The fourth-order valence-corrected chi connectivity index (χ4v) is 3.00. The molecule has 0 aliphatic carbocycles. The van der Waals surface area contributed by atoms with Crippen molar-refractivity contribution in [2.45, 2.75) is 0 Å². The molecule has 0 radical (unpaired) electrons. The van der Waals surface area contributed by atoms with E-state index < -0.39 is 0 Å². The van der Waals surface area contributed by atoms with Crippen molar-refractivity contribution in [3.8, 4) is 0 Å². The summed E-state index contributed by atoms with van der Waals surface area (Å²) in [5.41, 5.74) is 3.54. The van der Waals surface area contributed by atoms with Crippen molar-refractivity contribution in [1.82, 2.24) is 9.97 Å². The normalized spacial score (nSPS) is 11.0. The standard InChI is InChI=1S/C18H11Cl2N3/c19-11-6-7-16-13(9-11)17(10-18(20)23-16)22-15-5-1-4-14-12(15)3-2-8-21-14/h1-10H,(H,22,23). The quantitative estimate of drug-likeness (QED) is 0.466. The predicted molar refractivity (Wildman–Crippen MR) is 96.8 cm³/mol. The van der Waals surface area contributed by atoms with E-state index in [1.165, 1.54) is 0 Å². The van der Waals surface area contributed by atoms with Crippen LogP contribution in [0.1, 0.15) is 0 Å². The maximum absolute atomic E-state index is 6.15. The van der Waals surface area contributed by atoms with E-state index in [0.29, 0.717) is 10.2 Å². The third-order valence-corrected chi connectivity index (χ3v) is 4.08. The first kappa shape index (κ1) is 14.2. The number of anilines is 2. The number of hydrogen-bond acceptors (Lipinski definition) is 3. The van der Waals surface area contributed by atoms with Crippen LogP contribution in [0.4, 0.5) is 11.4 Å². The van der Waals surface area contributed by atoms with E-state index in [-0.39, 0.29) is 0 Å². The van der Waals surface area contributed by atoms with Crippen molar-refractivity contribution >= 4 is 56.4 Å². The van der Waals surface area contributed by atoms with Crippen LogP contribution in [0.3, 0.4) is 0 Å². The largest absolute Gasteiger partial charge is 0.354 e. The third kappa shape index (κ3) is 2.69. The lowest BCUT2D eigenvalue weighted by atomic mass is 10.1. The first-order chi connectivity index (χ1) is 11.2. The van der Waals surface area contributed by atoms with Gasteiger partial charge >= 0.3 is 0 Å². The zero-order chi connectivity index (χ0) is 15.8. The Morgan fingerprint density at radius 3 is 2.61 bits per heavy atom. The highest BCUT2D eigenvalue weighted by Gasteiger charge is 2.08. The molecule has 5 heteroatoms. The molecule has 1 N–H and O–H groups in total. The summed E-state index contributed by atoms with van der Waals surface area (Å²) in [7, 11) is 0. The molecule has 112 valence electrons. The molecule has 23 heavy (non-hydrogen) atoms. The number of hydrogen-bond donors (Lipinski definition) is 1. The highest BCUT2D eigenvalue weighted by Crippen LogP contribution is 2.32. The molecule has 2 aromatic carbocycles. The molecule has 3 nitrogen and oxygen atoms in total. The average Bonchev–Trinajstić information content (AvgIpc) is 2.56. The Bertz CT molecular complexity index is 1030. The fourth-order valence-electron chi connectivity index (χ4n) is 2.63. The SMILES string of the molecule is Clc1ccc2nc(Cl)cc(Nc3cccc4ncccc34)c2c1. The van der Waals surface area contributed by atoms with Crippen LogP contribution in [0.25, 0.3) is 21.8 Å². The summed E-state index contributed by atoms with van der Waals surface area (Å²) >= 11 is 12.3. The molecule has 0 spiro atoms. The van der Waals surface area contributed by atoms with E-state index in [1.54, 1.807) is 18.3 Å². The smallest absolute Gasteiger partial charge is 0.131 e. The number of rotatable bonds is 2. The summed E-state index contributed by atoms with van der Waals surface area (Å²) in [6.07, 6.45) is 1.78. The van der Waals surface area contributed by atoms with Crippen molar-refractivity contribution < 1.29 is 0 Å². The Hall–Kier alpha value is -2.36. The monoisotopic (exact) mass is 339 g/mol. The van der Waals surface area contributed by atoms with Crippen LogP contribution in [0.15, 0.2) is 60.8 Å². The van der Waals surface area contributed by atoms with Crippen molar-refractivity contribution in [3.63, 3.8) is 0 Å². The van der Waals surface area contributed by atoms with Crippen molar-refractivity contribution in [2.24, 2.45) is 0 Å². The summed E-state index contributed by atoms with van der Waals surface area (Å²) in [6.45, 7) is 0. The van der Waals surface area contributed by atoms with Crippen LogP contribution in [0.2, 0.25) is 10.2 Å². The third-order valence-electron chi connectivity index (χ3n) is 3.65. The number of aromatic nitrogens is 2. The van der Waals surface area contributed by atoms with Gasteiger partial charge in [0, 0.05) is 27.7 Å². The van der Waals surface area contributed by atoms with Gasteiger partial charge in [0.2, 0.25) is 0 Å². The molecule has 4 rings (SSSR count). The number of benzene rings is 2. The summed E-state index contributed by atoms with van der Waals surface area (Å²) in [6, 6.07) is 17.3. The average molecular weight is 340 g/mol. The van der Waals surface area contributed by atoms with Gasteiger partial charge in [-0.2, -0.15) is 0 Å². The van der Waals surface area contributed by atoms with Crippen LogP contribution in [0, 0.1) is 0 Å². The van der Waals surface area contributed by atoms with Crippen LogP contribution >= 0.6 is 23.2 Å². The van der Waals surface area contributed by atoms with Gasteiger partial charge in [-0.05, 0) is 48.5 Å². The van der Waals surface area contributed by atoms with Gasteiger partial charge in [0.15, 0.2) is 0 Å². The van der Waals surface area contributed by atoms with Gasteiger partial charge in [-0.25, -0.2) is 4.98 Å². The van der Waals surface area contributed by atoms with Gasteiger partial charge in [-0.3, -0.25) is 4.98 Å². The van der Waals surface area contributed by atoms with E-state index in [2.05, 4.69) is 15.3 Å². The number of halogens is 2. The summed E-state index contributed by atoms with van der Waals surface area (Å²) < 4.78 is 0. The van der Waals surface area contributed by atoms with E-state index >= 15 is 0 Å². The van der Waals surface area contributed by atoms with E-state index in [4.69, 9.17) is 23.2 Å². The van der Waals surface area contributed by atoms with Gasteiger partial charge in [-0.1, -0.05) is 29.3 Å². The van der Waals surface area contributed by atoms with Crippen LogP contribution in [0.5, 0.6) is 0 Å². The minimum atomic E-state index is 0.431. The molecule has 0 saturated heterocycles. The van der Waals surface area contributed by atoms with Gasteiger partial charge in [-0.15, -0.1) is 0 Å².